The monoisotopic (exact) mass is 359 g/mol. The third-order valence-corrected chi connectivity index (χ3v) is 4.38. The van der Waals surface area contributed by atoms with Gasteiger partial charge in [-0.25, -0.2) is 4.98 Å². The lowest BCUT2D eigenvalue weighted by atomic mass is 10.1. The molecule has 27 heavy (non-hydrogen) atoms. The summed E-state index contributed by atoms with van der Waals surface area (Å²) in [6.45, 7) is 2.01. The molecule has 134 valence electrons. The molecule has 6 nitrogen and oxygen atoms in total. The van der Waals surface area contributed by atoms with Crippen LogP contribution < -0.4 is 4.74 Å². The first kappa shape index (κ1) is 16.8. The van der Waals surface area contributed by atoms with E-state index in [-0.39, 0.29) is 11.8 Å². The van der Waals surface area contributed by atoms with Crippen LogP contribution in [0.1, 0.15) is 18.6 Å². The van der Waals surface area contributed by atoms with Crippen LogP contribution in [0.3, 0.4) is 0 Å². The summed E-state index contributed by atoms with van der Waals surface area (Å²) < 4.78 is 7.65. The zero-order valence-electron chi connectivity index (χ0n) is 14.6. The maximum atomic E-state index is 10.9. The van der Waals surface area contributed by atoms with E-state index in [4.69, 9.17) is 4.74 Å². The fraction of sp³-hybridized carbons (Fsp3) is 0.0952. The normalized spacial score (nSPS) is 12.0. The number of benzene rings is 2. The molecule has 6 heteroatoms. The molecule has 0 aliphatic carbocycles. The quantitative estimate of drug-likeness (QED) is 0.369. The highest BCUT2D eigenvalue weighted by molar-refractivity contribution is 5.64. The van der Waals surface area contributed by atoms with Gasteiger partial charge in [-0.2, -0.15) is 0 Å². The second kappa shape index (κ2) is 6.92. The first-order valence-electron chi connectivity index (χ1n) is 8.55. The van der Waals surface area contributed by atoms with Crippen LogP contribution in [0.15, 0.2) is 79.1 Å². The fourth-order valence-corrected chi connectivity index (χ4v) is 2.93. The summed E-state index contributed by atoms with van der Waals surface area (Å²) in [4.78, 5) is 15.0. The van der Waals surface area contributed by atoms with Gasteiger partial charge in [-0.3, -0.25) is 14.5 Å². The minimum absolute atomic E-state index is 0.0325. The van der Waals surface area contributed by atoms with Crippen LogP contribution in [0.5, 0.6) is 5.75 Å². The molecule has 1 unspecified atom stereocenters. The Kier molecular flexibility index (Phi) is 4.30. The van der Waals surface area contributed by atoms with Crippen LogP contribution in [0.25, 0.3) is 16.9 Å². The van der Waals surface area contributed by atoms with E-state index in [9.17, 15) is 10.1 Å². The summed E-state index contributed by atoms with van der Waals surface area (Å²) in [6.07, 6.45) is 3.20. The van der Waals surface area contributed by atoms with Gasteiger partial charge in [0.05, 0.1) is 16.8 Å². The Balaban J connectivity index is 1.55. The van der Waals surface area contributed by atoms with Crippen molar-refractivity contribution in [3.05, 3.63) is 94.8 Å². The van der Waals surface area contributed by atoms with Crippen molar-refractivity contribution >= 4 is 11.3 Å². The van der Waals surface area contributed by atoms with E-state index < -0.39 is 4.92 Å². The van der Waals surface area contributed by atoms with E-state index in [1.54, 1.807) is 16.7 Å². The number of nitrogens with zero attached hydrogens (tertiary/aromatic N) is 3. The number of imidazole rings is 1. The van der Waals surface area contributed by atoms with E-state index in [1.807, 2.05) is 61.5 Å². The number of fused-ring (bicyclic) bond motifs is 1. The number of pyridine rings is 1. The Hall–Kier alpha value is -3.67. The molecule has 0 N–H and O–H groups in total. The predicted octanol–water partition coefficient (Wildman–Crippen LogP) is 5.05. The summed E-state index contributed by atoms with van der Waals surface area (Å²) in [5.41, 5.74) is 3.47. The first-order valence-corrected chi connectivity index (χ1v) is 8.55. The van der Waals surface area contributed by atoms with Gasteiger partial charge in [0.15, 0.2) is 0 Å². The molecule has 0 saturated carbocycles. The number of aromatic nitrogens is 2. The Morgan fingerprint density at radius 1 is 1.00 bits per heavy atom. The third-order valence-electron chi connectivity index (χ3n) is 4.38. The zero-order chi connectivity index (χ0) is 18.8. The average Bonchev–Trinajstić information content (AvgIpc) is 3.12. The van der Waals surface area contributed by atoms with Gasteiger partial charge in [-0.05, 0) is 42.8 Å². The zero-order valence-corrected chi connectivity index (χ0v) is 14.6. The van der Waals surface area contributed by atoms with E-state index in [1.165, 1.54) is 12.3 Å². The molecular weight excluding hydrogens is 342 g/mol. The van der Waals surface area contributed by atoms with Crippen molar-refractivity contribution in [2.24, 2.45) is 0 Å². The molecule has 0 bridgehead atoms. The number of hydrogen-bond acceptors (Lipinski definition) is 4. The molecule has 0 aliphatic heterocycles. The molecule has 1 atom stereocenters. The summed E-state index contributed by atoms with van der Waals surface area (Å²) >= 11 is 0. The van der Waals surface area contributed by atoms with Crippen molar-refractivity contribution in [2.75, 3.05) is 0 Å². The van der Waals surface area contributed by atoms with Gasteiger partial charge in [0.2, 0.25) is 0 Å². The molecule has 4 aromatic rings. The Bertz CT molecular complexity index is 1090. The van der Waals surface area contributed by atoms with Crippen LogP contribution in [0, 0.1) is 10.1 Å². The molecule has 0 amide bonds. The Morgan fingerprint density at radius 3 is 2.44 bits per heavy atom. The predicted molar refractivity (Wildman–Crippen MR) is 103 cm³/mol. The number of rotatable bonds is 5. The van der Waals surface area contributed by atoms with Crippen LogP contribution >= 0.6 is 0 Å². The topological polar surface area (TPSA) is 69.7 Å². The SMILES string of the molecule is CC(Oc1ccc(-c2cn3cc([N+](=O)[O-])ccc3n2)cc1)c1ccccc1. The molecule has 2 aromatic carbocycles. The van der Waals surface area contributed by atoms with Gasteiger partial charge in [0.25, 0.3) is 5.69 Å². The van der Waals surface area contributed by atoms with Gasteiger partial charge >= 0.3 is 0 Å². The second-order valence-corrected chi connectivity index (χ2v) is 6.23. The van der Waals surface area contributed by atoms with Gasteiger partial charge in [0, 0.05) is 17.8 Å². The molecule has 0 saturated heterocycles. The standard InChI is InChI=1S/C21H17N3O3/c1-15(16-5-3-2-4-6-16)27-19-10-7-17(8-11-19)20-14-23-13-18(24(25)26)9-12-21(23)22-20/h2-15H,1H3. The van der Waals surface area contributed by atoms with E-state index in [0.29, 0.717) is 5.65 Å². The van der Waals surface area contributed by atoms with Crippen molar-refractivity contribution < 1.29 is 9.66 Å². The number of hydrogen-bond donors (Lipinski definition) is 0. The second-order valence-electron chi connectivity index (χ2n) is 6.23. The van der Waals surface area contributed by atoms with Crippen molar-refractivity contribution in [3.63, 3.8) is 0 Å². The van der Waals surface area contributed by atoms with Crippen molar-refractivity contribution in [1.29, 1.82) is 0 Å². The molecule has 4 rings (SSSR count). The van der Waals surface area contributed by atoms with Crippen LogP contribution in [-0.4, -0.2) is 14.3 Å². The lowest BCUT2D eigenvalue weighted by molar-refractivity contribution is -0.385. The van der Waals surface area contributed by atoms with Crippen molar-refractivity contribution in [1.82, 2.24) is 9.38 Å². The van der Waals surface area contributed by atoms with Crippen molar-refractivity contribution in [3.8, 4) is 17.0 Å². The van der Waals surface area contributed by atoms with Crippen LogP contribution in [0.2, 0.25) is 0 Å². The highest BCUT2D eigenvalue weighted by Gasteiger charge is 2.11. The maximum Gasteiger partial charge on any atom is 0.286 e. The van der Waals surface area contributed by atoms with E-state index in [2.05, 4.69) is 4.98 Å². The van der Waals surface area contributed by atoms with E-state index in [0.717, 1.165) is 22.6 Å². The van der Waals surface area contributed by atoms with Crippen molar-refractivity contribution in [2.45, 2.75) is 13.0 Å². The maximum absolute atomic E-state index is 10.9. The van der Waals surface area contributed by atoms with Gasteiger partial charge < -0.3 is 4.74 Å². The minimum atomic E-state index is -0.418. The first-order chi connectivity index (χ1) is 13.1. The van der Waals surface area contributed by atoms with Crippen LogP contribution in [0.4, 0.5) is 5.69 Å². The van der Waals surface area contributed by atoms with Gasteiger partial charge in [-0.1, -0.05) is 30.3 Å². The van der Waals surface area contributed by atoms with Gasteiger partial charge in [-0.15, -0.1) is 0 Å². The summed E-state index contributed by atoms with van der Waals surface area (Å²) in [5, 5.41) is 10.9. The minimum Gasteiger partial charge on any atom is -0.486 e. The molecule has 2 aromatic heterocycles. The largest absolute Gasteiger partial charge is 0.486 e. The molecule has 0 radical (unpaired) electrons. The summed E-state index contributed by atoms with van der Waals surface area (Å²) in [6, 6.07) is 20.8. The smallest absolute Gasteiger partial charge is 0.286 e. The van der Waals surface area contributed by atoms with Gasteiger partial charge in [0.1, 0.15) is 17.5 Å². The molecule has 0 spiro atoms. The fourth-order valence-electron chi connectivity index (χ4n) is 2.93. The lowest BCUT2D eigenvalue weighted by Gasteiger charge is -2.15. The van der Waals surface area contributed by atoms with E-state index >= 15 is 0 Å². The highest BCUT2D eigenvalue weighted by atomic mass is 16.6. The van der Waals surface area contributed by atoms with Crippen LogP contribution in [-0.2, 0) is 0 Å². The molecule has 2 heterocycles. The number of nitro groups is 1. The summed E-state index contributed by atoms with van der Waals surface area (Å²) in [7, 11) is 0. The average molecular weight is 359 g/mol. The molecule has 0 fully saturated rings. The lowest BCUT2D eigenvalue weighted by Crippen LogP contribution is -2.02. The Morgan fingerprint density at radius 2 is 1.74 bits per heavy atom. The number of ether oxygens (including phenoxy) is 1. The summed E-state index contributed by atoms with van der Waals surface area (Å²) in [5.74, 6) is 0.773. The Labute approximate surface area is 155 Å². The third kappa shape index (κ3) is 3.50. The molecular formula is C21H17N3O3. The molecule has 0 aliphatic rings. The highest BCUT2D eigenvalue weighted by Crippen LogP contribution is 2.26.